The molecule has 0 spiro atoms. The summed E-state index contributed by atoms with van der Waals surface area (Å²) >= 11 is 0. The maximum Gasteiger partial charge on any atom is 0.306 e. The largest absolute Gasteiger partial charge is 0.462 e. The third-order valence-electron chi connectivity index (χ3n) is 13.2. The molecular weight excluding hydrogens is 997 g/mol. The molecule has 0 saturated carbocycles. The Bertz CT molecular complexity index is 1860. The van der Waals surface area contributed by atoms with Gasteiger partial charge in [0, 0.05) is 19.3 Å². The predicted octanol–water partition coefficient (Wildman–Crippen LogP) is 22.7. The second-order valence-electron chi connectivity index (χ2n) is 20.9. The molecule has 0 aromatic rings. The number of rotatable bonds is 57. The Balaban J connectivity index is 4.53. The number of hydrogen-bond acceptors (Lipinski definition) is 6. The van der Waals surface area contributed by atoms with E-state index in [2.05, 4.69) is 191 Å². The van der Waals surface area contributed by atoms with Crippen LogP contribution in [0.5, 0.6) is 0 Å². The number of allylic oxidation sites excluding steroid dienone is 28. The van der Waals surface area contributed by atoms with Crippen molar-refractivity contribution < 1.29 is 28.6 Å². The summed E-state index contributed by atoms with van der Waals surface area (Å²) in [7, 11) is 0. The lowest BCUT2D eigenvalue weighted by Crippen LogP contribution is -2.30. The van der Waals surface area contributed by atoms with Crippen molar-refractivity contribution in [3.63, 3.8) is 0 Å². The fraction of sp³-hybridized carbons (Fsp3) is 0.587. The van der Waals surface area contributed by atoms with Crippen molar-refractivity contribution >= 4 is 17.9 Å². The number of carbonyl (C=O) groups is 3. The van der Waals surface area contributed by atoms with Crippen LogP contribution in [0.4, 0.5) is 0 Å². The van der Waals surface area contributed by atoms with Gasteiger partial charge in [-0.1, -0.05) is 287 Å². The monoisotopic (exact) mass is 1110 g/mol. The zero-order valence-corrected chi connectivity index (χ0v) is 52.0. The Hall–Kier alpha value is -5.23. The molecule has 1 unspecified atom stereocenters. The minimum absolute atomic E-state index is 0.115. The minimum atomic E-state index is -0.828. The van der Waals surface area contributed by atoms with Gasteiger partial charge in [-0.2, -0.15) is 0 Å². The van der Waals surface area contributed by atoms with Gasteiger partial charge in [0.15, 0.2) is 6.10 Å². The fourth-order valence-electron chi connectivity index (χ4n) is 8.41. The third-order valence-corrected chi connectivity index (χ3v) is 13.2. The predicted molar refractivity (Wildman–Crippen MR) is 352 cm³/mol. The summed E-state index contributed by atoms with van der Waals surface area (Å²) < 4.78 is 16.9. The van der Waals surface area contributed by atoms with Crippen LogP contribution in [0.3, 0.4) is 0 Å². The van der Waals surface area contributed by atoms with Crippen molar-refractivity contribution in [2.45, 2.75) is 271 Å². The number of unbranched alkanes of at least 4 members (excludes halogenated alkanes) is 18. The van der Waals surface area contributed by atoms with E-state index >= 15 is 0 Å². The smallest absolute Gasteiger partial charge is 0.306 e. The molecule has 0 saturated heterocycles. The highest BCUT2D eigenvalue weighted by atomic mass is 16.6. The molecule has 0 bridgehead atoms. The molecule has 0 heterocycles. The van der Waals surface area contributed by atoms with E-state index in [1.54, 1.807) is 0 Å². The summed E-state index contributed by atoms with van der Waals surface area (Å²) in [4.78, 5) is 38.3. The first-order valence-electron chi connectivity index (χ1n) is 32.6. The number of ether oxygens (including phenoxy) is 3. The molecular formula is C75H118O6. The molecule has 1 atom stereocenters. The van der Waals surface area contributed by atoms with E-state index in [1.165, 1.54) is 77.0 Å². The van der Waals surface area contributed by atoms with Gasteiger partial charge >= 0.3 is 17.9 Å². The normalized spacial score (nSPS) is 13.3. The molecule has 0 rings (SSSR count). The zero-order chi connectivity index (χ0) is 58.5. The number of esters is 3. The minimum Gasteiger partial charge on any atom is -0.462 e. The van der Waals surface area contributed by atoms with Crippen LogP contribution in [0.15, 0.2) is 170 Å². The number of carbonyl (C=O) groups excluding carboxylic acids is 3. The lowest BCUT2D eigenvalue weighted by Gasteiger charge is -2.18. The van der Waals surface area contributed by atoms with E-state index in [0.717, 1.165) is 135 Å². The van der Waals surface area contributed by atoms with E-state index in [0.29, 0.717) is 19.3 Å². The van der Waals surface area contributed by atoms with E-state index in [9.17, 15) is 14.4 Å². The van der Waals surface area contributed by atoms with Crippen LogP contribution < -0.4 is 0 Å². The van der Waals surface area contributed by atoms with Gasteiger partial charge in [0.05, 0.1) is 0 Å². The van der Waals surface area contributed by atoms with E-state index < -0.39 is 6.10 Å². The third kappa shape index (κ3) is 65.5. The quantitative estimate of drug-likeness (QED) is 0.0261. The zero-order valence-electron chi connectivity index (χ0n) is 52.0. The molecule has 0 aromatic heterocycles. The summed E-state index contributed by atoms with van der Waals surface area (Å²) in [5.41, 5.74) is 0. The molecule has 6 heteroatoms. The van der Waals surface area contributed by atoms with E-state index in [4.69, 9.17) is 14.2 Å². The highest BCUT2D eigenvalue weighted by Gasteiger charge is 2.19. The summed E-state index contributed by atoms with van der Waals surface area (Å²) in [6.07, 6.45) is 99.3. The molecule has 0 aliphatic heterocycles. The van der Waals surface area contributed by atoms with Crippen molar-refractivity contribution in [1.29, 1.82) is 0 Å². The van der Waals surface area contributed by atoms with Crippen LogP contribution >= 0.6 is 0 Å². The maximum absolute atomic E-state index is 12.9. The molecule has 81 heavy (non-hydrogen) atoms. The van der Waals surface area contributed by atoms with E-state index in [-0.39, 0.29) is 44.0 Å². The van der Waals surface area contributed by atoms with Crippen molar-refractivity contribution in [2.24, 2.45) is 0 Å². The summed E-state index contributed by atoms with van der Waals surface area (Å²) in [6, 6.07) is 0. The van der Waals surface area contributed by atoms with Crippen LogP contribution in [-0.2, 0) is 28.6 Å². The molecule has 0 aliphatic rings. The van der Waals surface area contributed by atoms with Crippen molar-refractivity contribution in [3.8, 4) is 0 Å². The Kier molecular flexibility index (Phi) is 62.9. The Morgan fingerprint density at radius 2 is 0.494 bits per heavy atom. The molecule has 0 fully saturated rings. The molecule has 0 aliphatic carbocycles. The maximum atomic E-state index is 12.9. The van der Waals surface area contributed by atoms with Crippen molar-refractivity contribution in [1.82, 2.24) is 0 Å². The van der Waals surface area contributed by atoms with Crippen LogP contribution in [0.2, 0.25) is 0 Å². The van der Waals surface area contributed by atoms with Gasteiger partial charge in [-0.15, -0.1) is 0 Å². The summed E-state index contributed by atoms with van der Waals surface area (Å²) in [6.45, 7) is 6.34. The molecule has 0 radical (unpaired) electrons. The fourth-order valence-corrected chi connectivity index (χ4v) is 8.41. The standard InChI is InChI=1S/C75H118O6/c1-4-7-10-13-16-19-22-25-28-30-32-33-34-35-36-37-38-39-40-41-43-44-47-50-53-56-59-62-65-68-74(77)80-71-72(70-79-73(76)67-64-61-58-55-52-49-46-27-24-21-18-15-12-9-6-3)81-75(78)69-66-63-60-57-54-51-48-45-42-31-29-26-23-20-17-14-11-8-5-2/h7-8,10-11,16-17,19-20,25-26,28-29,32-33,35-36,38-39,41-43,45,47,50-51,54,56,59,72H,4-6,9,12-15,18,21-24,27,30-31,34,37,40,44,46,48-49,52-53,55,57-58,60-71H2,1-3H3/b10-7-,11-8-,19-16-,20-17-,28-25-,29-26-,33-32-,36-35-,39-38-,43-41-,45-42-,50-47-,54-51-,59-56-. The van der Waals surface area contributed by atoms with E-state index in [1.807, 2.05) is 0 Å². The molecule has 6 nitrogen and oxygen atoms in total. The van der Waals surface area contributed by atoms with Crippen molar-refractivity contribution in [3.05, 3.63) is 170 Å². The van der Waals surface area contributed by atoms with Crippen molar-refractivity contribution in [2.75, 3.05) is 13.2 Å². The van der Waals surface area contributed by atoms with Gasteiger partial charge in [-0.3, -0.25) is 14.4 Å². The van der Waals surface area contributed by atoms with Gasteiger partial charge in [0.2, 0.25) is 0 Å². The highest BCUT2D eigenvalue weighted by Crippen LogP contribution is 2.15. The van der Waals surface area contributed by atoms with Crippen LogP contribution in [0.1, 0.15) is 265 Å². The topological polar surface area (TPSA) is 78.9 Å². The Morgan fingerprint density at radius 1 is 0.259 bits per heavy atom. The van der Waals surface area contributed by atoms with Crippen LogP contribution in [-0.4, -0.2) is 37.2 Å². The van der Waals surface area contributed by atoms with Gasteiger partial charge in [0.1, 0.15) is 13.2 Å². The van der Waals surface area contributed by atoms with Crippen LogP contribution in [0.25, 0.3) is 0 Å². The molecule has 454 valence electrons. The summed E-state index contributed by atoms with van der Waals surface area (Å²) in [5.74, 6) is -1.01. The second-order valence-corrected chi connectivity index (χ2v) is 20.9. The highest BCUT2D eigenvalue weighted by molar-refractivity contribution is 5.71. The Morgan fingerprint density at radius 3 is 0.802 bits per heavy atom. The van der Waals surface area contributed by atoms with Gasteiger partial charge in [-0.05, 0) is 128 Å². The second kappa shape index (κ2) is 67.3. The number of hydrogen-bond donors (Lipinski definition) is 0. The lowest BCUT2D eigenvalue weighted by molar-refractivity contribution is -0.167. The first kappa shape index (κ1) is 75.8. The van der Waals surface area contributed by atoms with Gasteiger partial charge < -0.3 is 14.2 Å². The Labute approximate surface area is 498 Å². The van der Waals surface area contributed by atoms with Gasteiger partial charge in [0.25, 0.3) is 0 Å². The average molecular weight is 1120 g/mol. The van der Waals surface area contributed by atoms with Crippen LogP contribution in [0, 0.1) is 0 Å². The lowest BCUT2D eigenvalue weighted by atomic mass is 10.0. The first-order chi connectivity index (χ1) is 40.0. The molecule has 0 amide bonds. The molecule has 0 N–H and O–H groups in total. The molecule has 0 aromatic carbocycles. The SMILES string of the molecule is CC/C=C\C/C=C\C/C=C\C/C=C\C/C=C\C/C=C\C/C=C\C/C=C\C/C=C\CCCC(=O)OCC(COC(=O)CCCCCCCCCCCCCCCCC)OC(=O)CCCCC/C=C\C/C=C\C/C=C\C/C=C\C/C=C\CC. The average Bonchev–Trinajstić information content (AvgIpc) is 3.47. The first-order valence-corrected chi connectivity index (χ1v) is 32.6. The van der Waals surface area contributed by atoms with Gasteiger partial charge in [-0.25, -0.2) is 0 Å². The summed E-state index contributed by atoms with van der Waals surface area (Å²) in [5, 5.41) is 0.